The Labute approximate surface area is 111 Å². The number of nitrogen functional groups attached to an aromatic ring is 1. The van der Waals surface area contributed by atoms with Crippen molar-refractivity contribution >= 4 is 11.4 Å². The summed E-state index contributed by atoms with van der Waals surface area (Å²) < 4.78 is 0. The molecular formula is C16H26N2. The van der Waals surface area contributed by atoms with Crippen LogP contribution in [0, 0.1) is 18.8 Å². The van der Waals surface area contributed by atoms with Crippen molar-refractivity contribution in [1.29, 1.82) is 0 Å². The Morgan fingerprint density at radius 2 is 2.17 bits per heavy atom. The summed E-state index contributed by atoms with van der Waals surface area (Å²) in [6.45, 7) is 5.59. The van der Waals surface area contributed by atoms with Crippen molar-refractivity contribution in [3.05, 3.63) is 23.8 Å². The molecule has 2 unspecified atom stereocenters. The van der Waals surface area contributed by atoms with Crippen molar-refractivity contribution in [2.75, 3.05) is 17.6 Å². The molecule has 0 radical (unpaired) electrons. The van der Waals surface area contributed by atoms with Gasteiger partial charge in [0.25, 0.3) is 0 Å². The van der Waals surface area contributed by atoms with Gasteiger partial charge in [-0.2, -0.15) is 0 Å². The summed E-state index contributed by atoms with van der Waals surface area (Å²) in [6.07, 6.45) is 7.00. The normalized spacial score (nSPS) is 23.9. The number of nitrogens with one attached hydrogen (secondary N) is 1. The number of anilines is 2. The highest BCUT2D eigenvalue weighted by Gasteiger charge is 2.18. The van der Waals surface area contributed by atoms with Gasteiger partial charge in [0.05, 0.1) is 0 Å². The zero-order chi connectivity index (χ0) is 13.0. The molecule has 0 aliphatic heterocycles. The Hall–Kier alpha value is -1.18. The molecular weight excluding hydrogens is 220 g/mol. The molecule has 18 heavy (non-hydrogen) atoms. The third-order valence-corrected chi connectivity index (χ3v) is 4.16. The summed E-state index contributed by atoms with van der Waals surface area (Å²) in [5.41, 5.74) is 9.08. The highest BCUT2D eigenvalue weighted by molar-refractivity contribution is 5.57. The minimum absolute atomic E-state index is 0.846. The van der Waals surface area contributed by atoms with Gasteiger partial charge >= 0.3 is 0 Å². The molecule has 1 saturated carbocycles. The van der Waals surface area contributed by atoms with Gasteiger partial charge < -0.3 is 11.1 Å². The fourth-order valence-electron chi connectivity index (χ4n) is 3.12. The molecule has 2 nitrogen and oxygen atoms in total. The maximum atomic E-state index is 5.76. The number of rotatable bonds is 4. The van der Waals surface area contributed by atoms with Gasteiger partial charge in [0.15, 0.2) is 0 Å². The minimum atomic E-state index is 0.846. The van der Waals surface area contributed by atoms with Crippen LogP contribution in [0.3, 0.4) is 0 Å². The van der Waals surface area contributed by atoms with Crippen molar-refractivity contribution in [2.24, 2.45) is 11.8 Å². The molecule has 100 valence electrons. The number of hydrogen-bond acceptors (Lipinski definition) is 2. The second-order valence-corrected chi connectivity index (χ2v) is 5.93. The van der Waals surface area contributed by atoms with Gasteiger partial charge in [0.1, 0.15) is 0 Å². The van der Waals surface area contributed by atoms with E-state index in [2.05, 4.69) is 25.2 Å². The van der Waals surface area contributed by atoms with Gasteiger partial charge in [0.2, 0.25) is 0 Å². The lowest BCUT2D eigenvalue weighted by atomic mass is 9.81. The predicted octanol–water partition coefficient (Wildman–Crippen LogP) is 4.21. The lowest BCUT2D eigenvalue weighted by molar-refractivity contribution is 0.274. The second kappa shape index (κ2) is 6.12. The Bertz CT molecular complexity index is 387. The number of hydrogen-bond donors (Lipinski definition) is 2. The number of benzene rings is 1. The first-order chi connectivity index (χ1) is 8.65. The molecule has 0 heterocycles. The van der Waals surface area contributed by atoms with E-state index in [1.165, 1.54) is 43.4 Å². The molecule has 0 saturated heterocycles. The van der Waals surface area contributed by atoms with Crippen molar-refractivity contribution in [3.8, 4) is 0 Å². The first-order valence-electron chi connectivity index (χ1n) is 7.25. The van der Waals surface area contributed by atoms with E-state index in [9.17, 15) is 0 Å². The van der Waals surface area contributed by atoms with E-state index in [0.29, 0.717) is 0 Å². The Kier molecular flexibility index (Phi) is 4.51. The average molecular weight is 246 g/mol. The van der Waals surface area contributed by atoms with Gasteiger partial charge in [-0.25, -0.2) is 0 Å². The maximum Gasteiger partial charge on any atom is 0.0371 e. The second-order valence-electron chi connectivity index (χ2n) is 5.93. The van der Waals surface area contributed by atoms with Crippen LogP contribution in [0.5, 0.6) is 0 Å². The van der Waals surface area contributed by atoms with Crippen molar-refractivity contribution in [3.63, 3.8) is 0 Å². The third kappa shape index (κ3) is 3.66. The van der Waals surface area contributed by atoms with Crippen molar-refractivity contribution in [1.82, 2.24) is 0 Å². The van der Waals surface area contributed by atoms with Crippen LogP contribution in [-0.2, 0) is 0 Å². The Balaban J connectivity index is 1.77. The summed E-state index contributed by atoms with van der Waals surface area (Å²) in [6, 6.07) is 6.09. The van der Waals surface area contributed by atoms with Crippen LogP contribution in [0.1, 0.15) is 44.6 Å². The summed E-state index contributed by atoms with van der Waals surface area (Å²) in [4.78, 5) is 0. The largest absolute Gasteiger partial charge is 0.399 e. The van der Waals surface area contributed by atoms with E-state index >= 15 is 0 Å². The van der Waals surface area contributed by atoms with Crippen LogP contribution in [0.15, 0.2) is 18.2 Å². The van der Waals surface area contributed by atoms with Gasteiger partial charge in [-0.1, -0.05) is 26.2 Å². The predicted molar refractivity (Wildman–Crippen MR) is 79.8 cm³/mol. The SMILES string of the molecule is Cc1cc(N)ccc1NCCC1CCCC(C)C1. The van der Waals surface area contributed by atoms with E-state index in [1.54, 1.807) is 0 Å². The first kappa shape index (κ1) is 13.3. The molecule has 0 bridgehead atoms. The van der Waals surface area contributed by atoms with Crippen LogP contribution in [0.4, 0.5) is 11.4 Å². The molecule has 1 aliphatic carbocycles. The first-order valence-corrected chi connectivity index (χ1v) is 7.25. The fraction of sp³-hybridized carbons (Fsp3) is 0.625. The average Bonchev–Trinajstić information content (AvgIpc) is 2.32. The molecule has 1 aromatic carbocycles. The fourth-order valence-corrected chi connectivity index (χ4v) is 3.12. The molecule has 1 aliphatic rings. The lowest BCUT2D eigenvalue weighted by Gasteiger charge is -2.26. The number of aryl methyl sites for hydroxylation is 1. The van der Waals surface area contributed by atoms with Crippen molar-refractivity contribution < 1.29 is 0 Å². The molecule has 1 fully saturated rings. The summed E-state index contributed by atoms with van der Waals surface area (Å²) in [5.74, 6) is 1.86. The van der Waals surface area contributed by atoms with E-state index in [0.717, 1.165) is 24.1 Å². The quantitative estimate of drug-likeness (QED) is 0.781. The van der Waals surface area contributed by atoms with Crippen LogP contribution >= 0.6 is 0 Å². The Morgan fingerprint density at radius 3 is 2.89 bits per heavy atom. The highest BCUT2D eigenvalue weighted by Crippen LogP contribution is 2.30. The highest BCUT2D eigenvalue weighted by atomic mass is 14.9. The summed E-state index contributed by atoms with van der Waals surface area (Å²) >= 11 is 0. The van der Waals surface area contributed by atoms with E-state index < -0.39 is 0 Å². The van der Waals surface area contributed by atoms with E-state index in [-0.39, 0.29) is 0 Å². The summed E-state index contributed by atoms with van der Waals surface area (Å²) in [7, 11) is 0. The standard InChI is InChI=1S/C16H26N2/c1-12-4-3-5-14(10-12)8-9-18-16-7-6-15(17)11-13(16)2/h6-7,11-12,14,18H,3-5,8-10,17H2,1-2H3. The van der Waals surface area contributed by atoms with Crippen LogP contribution in [0.25, 0.3) is 0 Å². The topological polar surface area (TPSA) is 38.0 Å². The molecule has 2 atom stereocenters. The molecule has 0 amide bonds. The monoisotopic (exact) mass is 246 g/mol. The lowest BCUT2D eigenvalue weighted by Crippen LogP contribution is -2.16. The molecule has 0 aromatic heterocycles. The summed E-state index contributed by atoms with van der Waals surface area (Å²) in [5, 5.41) is 3.55. The van der Waals surface area contributed by atoms with Gasteiger partial charge in [-0.3, -0.25) is 0 Å². The molecule has 1 aromatic rings. The molecule has 2 heteroatoms. The minimum Gasteiger partial charge on any atom is -0.399 e. The number of nitrogens with two attached hydrogens (primary N) is 1. The molecule has 3 N–H and O–H groups in total. The van der Waals surface area contributed by atoms with E-state index in [4.69, 9.17) is 5.73 Å². The molecule has 0 spiro atoms. The smallest absolute Gasteiger partial charge is 0.0371 e. The third-order valence-electron chi connectivity index (χ3n) is 4.16. The van der Waals surface area contributed by atoms with Gasteiger partial charge in [0, 0.05) is 17.9 Å². The maximum absolute atomic E-state index is 5.76. The van der Waals surface area contributed by atoms with Gasteiger partial charge in [-0.15, -0.1) is 0 Å². The van der Waals surface area contributed by atoms with E-state index in [1.807, 2.05) is 12.1 Å². The Morgan fingerprint density at radius 1 is 1.33 bits per heavy atom. The van der Waals surface area contributed by atoms with Crippen molar-refractivity contribution in [2.45, 2.75) is 46.0 Å². The zero-order valence-electron chi connectivity index (χ0n) is 11.7. The van der Waals surface area contributed by atoms with Crippen LogP contribution < -0.4 is 11.1 Å². The van der Waals surface area contributed by atoms with Gasteiger partial charge in [-0.05, 0) is 55.4 Å². The zero-order valence-corrected chi connectivity index (χ0v) is 11.7. The van der Waals surface area contributed by atoms with Crippen LogP contribution in [-0.4, -0.2) is 6.54 Å². The molecule has 2 rings (SSSR count). The van der Waals surface area contributed by atoms with Crippen LogP contribution in [0.2, 0.25) is 0 Å².